The molecule has 90 valence electrons. The summed E-state index contributed by atoms with van der Waals surface area (Å²) in [6.45, 7) is 6.82. The summed E-state index contributed by atoms with van der Waals surface area (Å²) in [6, 6.07) is 0. The maximum atomic E-state index is 5.62. The summed E-state index contributed by atoms with van der Waals surface area (Å²) in [7, 11) is 0. The Morgan fingerprint density at radius 2 is 2.50 bits per heavy atom. The van der Waals surface area contributed by atoms with Crippen molar-refractivity contribution in [2.75, 3.05) is 26.4 Å². The second-order valence-corrected chi connectivity index (χ2v) is 3.89. The molecule has 16 heavy (non-hydrogen) atoms. The lowest BCUT2D eigenvalue weighted by Gasteiger charge is -2.23. The van der Waals surface area contributed by atoms with Crippen LogP contribution in [0.3, 0.4) is 0 Å². The third-order valence-electron chi connectivity index (χ3n) is 2.64. The van der Waals surface area contributed by atoms with Crippen LogP contribution in [0.4, 0.5) is 0 Å². The van der Waals surface area contributed by atoms with Gasteiger partial charge >= 0.3 is 0 Å². The summed E-state index contributed by atoms with van der Waals surface area (Å²) in [5.41, 5.74) is 1.19. The van der Waals surface area contributed by atoms with Gasteiger partial charge in [0, 0.05) is 12.7 Å². The molecule has 1 aliphatic heterocycles. The quantitative estimate of drug-likeness (QED) is 0.788. The Morgan fingerprint density at radius 3 is 3.25 bits per heavy atom. The maximum Gasteiger partial charge on any atom is 0.0988 e. The molecular weight excluding hydrogens is 206 g/mol. The first-order chi connectivity index (χ1) is 7.90. The molecule has 1 atom stereocenters. The Kier molecular flexibility index (Phi) is 4.33. The topological polar surface area (TPSA) is 48.3 Å². The molecule has 1 saturated heterocycles. The predicted molar refractivity (Wildman–Crippen MR) is 60.2 cm³/mol. The van der Waals surface area contributed by atoms with E-state index in [1.165, 1.54) is 5.69 Å². The number of hydrogen-bond donors (Lipinski definition) is 1. The van der Waals surface area contributed by atoms with Gasteiger partial charge in [0.05, 0.1) is 44.5 Å². The van der Waals surface area contributed by atoms with Gasteiger partial charge in [-0.15, -0.1) is 0 Å². The summed E-state index contributed by atoms with van der Waals surface area (Å²) in [5.74, 6) is 0. The molecule has 0 aromatic carbocycles. The van der Waals surface area contributed by atoms with Gasteiger partial charge in [0.15, 0.2) is 0 Å². The molecule has 0 spiro atoms. The molecule has 5 heteroatoms. The van der Waals surface area contributed by atoms with Crippen LogP contribution in [0.1, 0.15) is 12.6 Å². The SMILES string of the molecule is CCNCc1cncn1CC1COCCO1. The van der Waals surface area contributed by atoms with Crippen molar-refractivity contribution in [2.45, 2.75) is 26.1 Å². The first kappa shape index (κ1) is 11.6. The number of nitrogens with zero attached hydrogens (tertiary/aromatic N) is 2. The van der Waals surface area contributed by atoms with Crippen molar-refractivity contribution < 1.29 is 9.47 Å². The van der Waals surface area contributed by atoms with Crippen LogP contribution in [0.25, 0.3) is 0 Å². The fraction of sp³-hybridized carbons (Fsp3) is 0.727. The van der Waals surface area contributed by atoms with Crippen molar-refractivity contribution in [3.05, 3.63) is 18.2 Å². The summed E-state index contributed by atoms with van der Waals surface area (Å²) >= 11 is 0. The third kappa shape index (κ3) is 3.04. The molecule has 1 N–H and O–H groups in total. The van der Waals surface area contributed by atoms with Gasteiger partial charge in [0.1, 0.15) is 0 Å². The van der Waals surface area contributed by atoms with Crippen molar-refractivity contribution in [2.24, 2.45) is 0 Å². The van der Waals surface area contributed by atoms with E-state index in [0.29, 0.717) is 19.8 Å². The van der Waals surface area contributed by atoms with Gasteiger partial charge in [-0.25, -0.2) is 4.98 Å². The molecule has 0 aliphatic carbocycles. The second kappa shape index (κ2) is 5.98. The van der Waals surface area contributed by atoms with Crippen LogP contribution in [0.15, 0.2) is 12.5 Å². The normalized spacial score (nSPS) is 21.2. The molecule has 0 amide bonds. The third-order valence-corrected chi connectivity index (χ3v) is 2.64. The molecular formula is C11H19N3O2. The first-order valence-electron chi connectivity index (χ1n) is 5.79. The molecule has 1 aromatic heterocycles. The molecule has 0 radical (unpaired) electrons. The van der Waals surface area contributed by atoms with Gasteiger partial charge in [-0.3, -0.25) is 0 Å². The Labute approximate surface area is 95.8 Å². The van der Waals surface area contributed by atoms with E-state index < -0.39 is 0 Å². The molecule has 2 heterocycles. The monoisotopic (exact) mass is 225 g/mol. The average Bonchev–Trinajstić information content (AvgIpc) is 2.75. The lowest BCUT2D eigenvalue weighted by Crippen LogP contribution is -2.32. The van der Waals surface area contributed by atoms with E-state index in [-0.39, 0.29) is 6.10 Å². The van der Waals surface area contributed by atoms with Crippen LogP contribution in [0, 0.1) is 0 Å². The van der Waals surface area contributed by atoms with Gasteiger partial charge in [-0.1, -0.05) is 6.92 Å². The van der Waals surface area contributed by atoms with Gasteiger partial charge in [-0.2, -0.15) is 0 Å². The Balaban J connectivity index is 1.89. The average molecular weight is 225 g/mol. The molecule has 1 aliphatic rings. The summed E-state index contributed by atoms with van der Waals surface area (Å²) in [5, 5.41) is 3.30. The van der Waals surface area contributed by atoms with E-state index in [1.54, 1.807) is 0 Å². The lowest BCUT2D eigenvalue weighted by molar-refractivity contribution is -0.0938. The fourth-order valence-electron chi connectivity index (χ4n) is 1.77. The number of rotatable bonds is 5. The molecule has 1 fully saturated rings. The minimum atomic E-state index is 0.156. The number of hydrogen-bond acceptors (Lipinski definition) is 4. The van der Waals surface area contributed by atoms with Crippen LogP contribution >= 0.6 is 0 Å². The molecule has 2 rings (SSSR count). The van der Waals surface area contributed by atoms with Gasteiger partial charge in [0.2, 0.25) is 0 Å². The minimum absolute atomic E-state index is 0.156. The van der Waals surface area contributed by atoms with E-state index in [1.807, 2.05) is 12.5 Å². The minimum Gasteiger partial charge on any atom is -0.376 e. The Morgan fingerprint density at radius 1 is 1.56 bits per heavy atom. The van der Waals surface area contributed by atoms with Crippen molar-refractivity contribution in [3.8, 4) is 0 Å². The van der Waals surface area contributed by atoms with E-state index in [2.05, 4.69) is 21.8 Å². The zero-order valence-electron chi connectivity index (χ0n) is 9.69. The molecule has 0 saturated carbocycles. The Hall–Kier alpha value is -0.910. The lowest BCUT2D eigenvalue weighted by atomic mass is 10.3. The molecule has 1 unspecified atom stereocenters. The van der Waals surface area contributed by atoms with Gasteiger partial charge in [-0.05, 0) is 6.54 Å². The first-order valence-corrected chi connectivity index (χ1v) is 5.79. The zero-order valence-corrected chi connectivity index (χ0v) is 9.69. The van der Waals surface area contributed by atoms with Crippen LogP contribution in [0.5, 0.6) is 0 Å². The molecule has 0 bridgehead atoms. The number of ether oxygens (including phenoxy) is 2. The Bertz CT molecular complexity index is 308. The number of nitrogens with one attached hydrogen (secondary N) is 1. The molecule has 1 aromatic rings. The summed E-state index contributed by atoms with van der Waals surface area (Å²) < 4.78 is 13.1. The van der Waals surface area contributed by atoms with Crippen molar-refractivity contribution >= 4 is 0 Å². The van der Waals surface area contributed by atoms with Crippen LogP contribution in [-0.4, -0.2) is 42.0 Å². The smallest absolute Gasteiger partial charge is 0.0988 e. The fourth-order valence-corrected chi connectivity index (χ4v) is 1.77. The van der Waals surface area contributed by atoms with E-state index in [9.17, 15) is 0 Å². The highest BCUT2D eigenvalue weighted by atomic mass is 16.6. The van der Waals surface area contributed by atoms with Crippen molar-refractivity contribution in [3.63, 3.8) is 0 Å². The van der Waals surface area contributed by atoms with Crippen molar-refractivity contribution in [1.29, 1.82) is 0 Å². The largest absolute Gasteiger partial charge is 0.376 e. The van der Waals surface area contributed by atoms with Crippen LogP contribution in [-0.2, 0) is 22.6 Å². The van der Waals surface area contributed by atoms with Gasteiger partial charge < -0.3 is 19.4 Å². The number of imidazole rings is 1. The summed E-state index contributed by atoms with van der Waals surface area (Å²) in [6.07, 6.45) is 3.90. The number of aromatic nitrogens is 2. The van der Waals surface area contributed by atoms with Crippen molar-refractivity contribution in [1.82, 2.24) is 14.9 Å². The summed E-state index contributed by atoms with van der Waals surface area (Å²) in [4.78, 5) is 4.17. The highest BCUT2D eigenvalue weighted by Gasteiger charge is 2.15. The second-order valence-electron chi connectivity index (χ2n) is 3.89. The highest BCUT2D eigenvalue weighted by molar-refractivity contribution is 4.98. The standard InChI is InChI=1S/C11H19N3O2/c1-2-12-5-10-6-13-9-14(10)7-11-8-15-3-4-16-11/h6,9,11-12H,2-5,7-8H2,1H3. The zero-order chi connectivity index (χ0) is 11.2. The van der Waals surface area contributed by atoms with E-state index in [4.69, 9.17) is 9.47 Å². The van der Waals surface area contributed by atoms with E-state index in [0.717, 1.165) is 19.6 Å². The van der Waals surface area contributed by atoms with Crippen LogP contribution in [0.2, 0.25) is 0 Å². The van der Waals surface area contributed by atoms with Crippen LogP contribution < -0.4 is 5.32 Å². The highest BCUT2D eigenvalue weighted by Crippen LogP contribution is 2.07. The van der Waals surface area contributed by atoms with E-state index >= 15 is 0 Å². The predicted octanol–water partition coefficient (Wildman–Crippen LogP) is 0.408. The maximum absolute atomic E-state index is 5.62. The van der Waals surface area contributed by atoms with Gasteiger partial charge in [0.25, 0.3) is 0 Å². The molecule has 5 nitrogen and oxygen atoms in total.